The number of rotatable bonds is 6. The lowest BCUT2D eigenvalue weighted by atomic mass is 10.00. The van der Waals surface area contributed by atoms with Gasteiger partial charge in [0.05, 0.1) is 31.1 Å². The van der Waals surface area contributed by atoms with Gasteiger partial charge in [-0.05, 0) is 51.3 Å². The Hall–Kier alpha value is -3.04. The minimum Gasteiger partial charge on any atom is -0.493 e. The fourth-order valence-corrected chi connectivity index (χ4v) is 4.64. The standard InChI is InChI=1S/C23H27N5O3S/c1-14(2)31-20-12-16(7-8-19(20)30-4)17-6-5-11-28(27-17)23(29)21-15(3)26-22(32-21)18-13-24-9-10-25-18/h7-10,12-14,17,27H,5-6,11H2,1-4H3. The highest BCUT2D eigenvalue weighted by molar-refractivity contribution is 7.17. The Kier molecular flexibility index (Phi) is 6.66. The maximum Gasteiger partial charge on any atom is 0.279 e. The van der Waals surface area contributed by atoms with Crippen LogP contribution in [0.5, 0.6) is 11.5 Å². The van der Waals surface area contributed by atoms with Crippen LogP contribution >= 0.6 is 11.3 Å². The van der Waals surface area contributed by atoms with Gasteiger partial charge in [0, 0.05) is 18.9 Å². The van der Waals surface area contributed by atoms with Crippen LogP contribution in [0, 0.1) is 6.92 Å². The normalized spacial score (nSPS) is 16.3. The van der Waals surface area contributed by atoms with Gasteiger partial charge in [0.2, 0.25) is 0 Å². The molecule has 1 aliphatic heterocycles. The Morgan fingerprint density at radius 1 is 1.28 bits per heavy atom. The van der Waals surface area contributed by atoms with Crippen molar-refractivity contribution in [3.8, 4) is 22.2 Å². The molecule has 0 spiro atoms. The Morgan fingerprint density at radius 2 is 2.12 bits per heavy atom. The molecular formula is C23H27N5O3S. The number of nitrogens with one attached hydrogen (secondary N) is 1. The van der Waals surface area contributed by atoms with Gasteiger partial charge in [0.25, 0.3) is 5.91 Å². The van der Waals surface area contributed by atoms with Crippen molar-refractivity contribution in [1.29, 1.82) is 0 Å². The van der Waals surface area contributed by atoms with E-state index < -0.39 is 0 Å². The largest absolute Gasteiger partial charge is 0.493 e. The summed E-state index contributed by atoms with van der Waals surface area (Å²) >= 11 is 1.34. The summed E-state index contributed by atoms with van der Waals surface area (Å²) in [5, 5.41) is 2.39. The van der Waals surface area contributed by atoms with Crippen molar-refractivity contribution in [3.63, 3.8) is 0 Å². The summed E-state index contributed by atoms with van der Waals surface area (Å²) in [4.78, 5) is 26.8. The van der Waals surface area contributed by atoms with Crippen molar-refractivity contribution in [2.24, 2.45) is 0 Å². The fourth-order valence-electron chi connectivity index (χ4n) is 3.66. The zero-order valence-corrected chi connectivity index (χ0v) is 19.5. The third kappa shape index (κ3) is 4.73. The quantitative estimate of drug-likeness (QED) is 0.599. The SMILES string of the molecule is COc1ccc(C2CCCN(C(=O)c3sc(-c4cnccn4)nc3C)N2)cc1OC(C)C. The van der Waals surface area contributed by atoms with E-state index >= 15 is 0 Å². The van der Waals surface area contributed by atoms with Crippen molar-refractivity contribution < 1.29 is 14.3 Å². The van der Waals surface area contributed by atoms with Gasteiger partial charge in [-0.1, -0.05) is 6.07 Å². The second-order valence-corrected chi connectivity index (χ2v) is 8.88. The predicted octanol–water partition coefficient (Wildman–Crippen LogP) is 4.19. The molecule has 0 aliphatic carbocycles. The highest BCUT2D eigenvalue weighted by Gasteiger charge is 2.28. The topological polar surface area (TPSA) is 89.5 Å². The number of ether oxygens (including phenoxy) is 2. The van der Waals surface area contributed by atoms with Gasteiger partial charge in [0.1, 0.15) is 15.6 Å². The molecule has 1 N–H and O–H groups in total. The predicted molar refractivity (Wildman–Crippen MR) is 123 cm³/mol. The van der Waals surface area contributed by atoms with Crippen LogP contribution in [0.25, 0.3) is 10.7 Å². The van der Waals surface area contributed by atoms with Gasteiger partial charge in [0.15, 0.2) is 11.5 Å². The van der Waals surface area contributed by atoms with Crippen LogP contribution < -0.4 is 14.9 Å². The lowest BCUT2D eigenvalue weighted by Gasteiger charge is -2.34. The van der Waals surface area contributed by atoms with Crippen molar-refractivity contribution in [2.75, 3.05) is 13.7 Å². The number of thiazole rings is 1. The Balaban J connectivity index is 1.53. The van der Waals surface area contributed by atoms with Gasteiger partial charge in [-0.15, -0.1) is 11.3 Å². The second-order valence-electron chi connectivity index (χ2n) is 7.88. The average Bonchev–Trinajstić information content (AvgIpc) is 3.20. The van der Waals surface area contributed by atoms with E-state index in [1.54, 1.807) is 30.7 Å². The van der Waals surface area contributed by atoms with Crippen LogP contribution in [0.3, 0.4) is 0 Å². The molecule has 8 nitrogen and oxygen atoms in total. The minimum absolute atomic E-state index is 0.000747. The summed E-state index contributed by atoms with van der Waals surface area (Å²) in [5.74, 6) is 1.33. The van der Waals surface area contributed by atoms with Crippen LogP contribution in [0.1, 0.15) is 53.7 Å². The number of carbonyl (C=O) groups is 1. The molecule has 168 valence electrons. The summed E-state index contributed by atoms with van der Waals surface area (Å²) in [6, 6.07) is 5.92. The molecule has 3 aromatic rings. The number of aryl methyl sites for hydroxylation is 1. The van der Waals surface area contributed by atoms with Crippen molar-refractivity contribution >= 4 is 17.2 Å². The van der Waals surface area contributed by atoms with E-state index in [2.05, 4.69) is 20.4 Å². The van der Waals surface area contributed by atoms with E-state index in [0.717, 1.165) is 18.4 Å². The molecule has 1 unspecified atom stereocenters. The number of carbonyl (C=O) groups excluding carboxylic acids is 1. The zero-order valence-electron chi connectivity index (χ0n) is 18.7. The fraction of sp³-hybridized carbons (Fsp3) is 0.391. The number of methoxy groups -OCH3 is 1. The van der Waals surface area contributed by atoms with Crippen LogP contribution in [0.15, 0.2) is 36.8 Å². The average molecular weight is 454 g/mol. The molecule has 1 fully saturated rings. The third-order valence-corrected chi connectivity index (χ3v) is 6.33. The summed E-state index contributed by atoms with van der Waals surface area (Å²) in [6.07, 6.45) is 6.74. The molecule has 1 amide bonds. The molecule has 0 bridgehead atoms. The molecule has 2 aromatic heterocycles. The smallest absolute Gasteiger partial charge is 0.279 e. The monoisotopic (exact) mass is 453 g/mol. The molecule has 0 saturated carbocycles. The number of amides is 1. The van der Waals surface area contributed by atoms with Crippen molar-refractivity contribution in [3.05, 3.63) is 52.9 Å². The highest BCUT2D eigenvalue weighted by atomic mass is 32.1. The highest BCUT2D eigenvalue weighted by Crippen LogP contribution is 2.34. The maximum absolute atomic E-state index is 13.3. The molecule has 4 rings (SSSR count). The van der Waals surface area contributed by atoms with E-state index in [0.29, 0.717) is 39.3 Å². The van der Waals surface area contributed by atoms with E-state index in [4.69, 9.17) is 9.47 Å². The lowest BCUT2D eigenvalue weighted by Crippen LogP contribution is -2.48. The first kappa shape index (κ1) is 22.2. The Labute approximate surface area is 191 Å². The molecular weight excluding hydrogens is 426 g/mol. The molecule has 1 aliphatic rings. The van der Waals surface area contributed by atoms with E-state index in [1.807, 2.05) is 39.0 Å². The first-order valence-corrected chi connectivity index (χ1v) is 11.4. The summed E-state index contributed by atoms with van der Waals surface area (Å²) in [7, 11) is 1.63. The van der Waals surface area contributed by atoms with Crippen LogP contribution in [-0.4, -0.2) is 45.6 Å². The van der Waals surface area contributed by atoms with Crippen LogP contribution in [0.2, 0.25) is 0 Å². The van der Waals surface area contributed by atoms with Crippen LogP contribution in [0.4, 0.5) is 0 Å². The Bertz CT molecular complexity index is 1090. The molecule has 1 saturated heterocycles. The van der Waals surface area contributed by atoms with Gasteiger partial charge < -0.3 is 9.47 Å². The van der Waals surface area contributed by atoms with Gasteiger partial charge >= 0.3 is 0 Å². The van der Waals surface area contributed by atoms with E-state index in [1.165, 1.54) is 11.3 Å². The number of nitrogens with zero attached hydrogens (tertiary/aromatic N) is 4. The van der Waals surface area contributed by atoms with Crippen molar-refractivity contribution in [1.82, 2.24) is 25.4 Å². The van der Waals surface area contributed by atoms with Crippen LogP contribution in [-0.2, 0) is 0 Å². The first-order chi connectivity index (χ1) is 15.5. The Morgan fingerprint density at radius 3 is 2.84 bits per heavy atom. The zero-order chi connectivity index (χ0) is 22.7. The minimum atomic E-state index is -0.0768. The maximum atomic E-state index is 13.3. The van der Waals surface area contributed by atoms with Crippen molar-refractivity contribution in [2.45, 2.75) is 45.8 Å². The van der Waals surface area contributed by atoms with Gasteiger partial charge in [-0.25, -0.2) is 10.4 Å². The first-order valence-electron chi connectivity index (χ1n) is 10.6. The number of hydrogen-bond acceptors (Lipinski definition) is 8. The number of hydrazine groups is 1. The third-order valence-electron chi connectivity index (χ3n) is 5.16. The molecule has 0 radical (unpaired) electrons. The summed E-state index contributed by atoms with van der Waals surface area (Å²) in [6.45, 7) is 6.46. The van der Waals surface area contributed by atoms with E-state index in [-0.39, 0.29) is 18.1 Å². The molecule has 1 aromatic carbocycles. The molecule has 32 heavy (non-hydrogen) atoms. The second kappa shape index (κ2) is 9.62. The molecule has 9 heteroatoms. The summed E-state index contributed by atoms with van der Waals surface area (Å²) < 4.78 is 11.4. The molecule has 1 atom stereocenters. The van der Waals surface area contributed by atoms with Gasteiger partial charge in [-0.3, -0.25) is 19.8 Å². The number of benzene rings is 1. The molecule has 3 heterocycles. The lowest BCUT2D eigenvalue weighted by molar-refractivity contribution is 0.0537. The van der Waals surface area contributed by atoms with E-state index in [9.17, 15) is 4.79 Å². The van der Waals surface area contributed by atoms with Gasteiger partial charge in [-0.2, -0.15) is 0 Å². The number of hydrogen-bond donors (Lipinski definition) is 1. The summed E-state index contributed by atoms with van der Waals surface area (Å²) in [5.41, 5.74) is 5.82. The number of aromatic nitrogens is 3.